The Labute approximate surface area is 108 Å². The zero-order chi connectivity index (χ0) is 13.1. The van der Waals surface area contributed by atoms with Crippen molar-refractivity contribution in [2.45, 2.75) is 13.5 Å². The van der Waals surface area contributed by atoms with Crippen LogP contribution in [0, 0.1) is 6.92 Å². The van der Waals surface area contributed by atoms with Crippen LogP contribution < -0.4 is 11.1 Å². The molecular formula is C11H12N4O2S. The number of rotatable bonds is 4. The number of aryl methyl sites for hydroxylation is 1. The predicted molar refractivity (Wildman–Crippen MR) is 69.8 cm³/mol. The molecule has 0 bridgehead atoms. The first kappa shape index (κ1) is 12.3. The van der Waals surface area contributed by atoms with Gasteiger partial charge in [-0.3, -0.25) is 0 Å². The molecule has 18 heavy (non-hydrogen) atoms. The summed E-state index contributed by atoms with van der Waals surface area (Å²) >= 11 is 1.54. The molecule has 0 fully saturated rings. The third-order valence-electron chi connectivity index (χ3n) is 2.24. The minimum absolute atomic E-state index is 0.0574. The fourth-order valence-electron chi connectivity index (χ4n) is 1.45. The van der Waals surface area contributed by atoms with E-state index in [1.54, 1.807) is 11.3 Å². The number of hydrogen-bond donors (Lipinski definition) is 3. The second-order valence-corrected chi connectivity index (χ2v) is 4.74. The Morgan fingerprint density at radius 2 is 2.39 bits per heavy atom. The van der Waals surface area contributed by atoms with E-state index in [0.29, 0.717) is 18.1 Å². The zero-order valence-electron chi connectivity index (χ0n) is 9.67. The van der Waals surface area contributed by atoms with Gasteiger partial charge in [-0.15, -0.1) is 11.3 Å². The number of carboxylic acid groups (broad SMARTS) is 1. The quantitative estimate of drug-likeness (QED) is 0.777. The standard InChI is InChI=1S/C11H12N4O2S/c1-6-15-8(5-18-6)4-14-10-9(11(16)17)2-7(12)3-13-10/h2-3,5H,4,12H2,1H3,(H,13,14)(H,16,17). The van der Waals surface area contributed by atoms with E-state index in [0.717, 1.165) is 10.7 Å². The summed E-state index contributed by atoms with van der Waals surface area (Å²) in [7, 11) is 0. The predicted octanol–water partition coefficient (Wildman–Crippen LogP) is 1.74. The number of carbonyl (C=O) groups is 1. The van der Waals surface area contributed by atoms with Crippen molar-refractivity contribution in [3.05, 3.63) is 33.9 Å². The van der Waals surface area contributed by atoms with Crippen LogP contribution in [0.4, 0.5) is 11.5 Å². The van der Waals surface area contributed by atoms with E-state index in [2.05, 4.69) is 15.3 Å². The van der Waals surface area contributed by atoms with Crippen LogP contribution in [0.1, 0.15) is 21.1 Å². The summed E-state index contributed by atoms with van der Waals surface area (Å²) < 4.78 is 0. The van der Waals surface area contributed by atoms with Crippen molar-refractivity contribution in [2.75, 3.05) is 11.1 Å². The van der Waals surface area contributed by atoms with Crippen molar-refractivity contribution in [1.29, 1.82) is 0 Å². The van der Waals surface area contributed by atoms with Crippen LogP contribution in [0.25, 0.3) is 0 Å². The van der Waals surface area contributed by atoms with Crippen LogP contribution in [0.2, 0.25) is 0 Å². The lowest BCUT2D eigenvalue weighted by atomic mass is 10.2. The van der Waals surface area contributed by atoms with Crippen molar-refractivity contribution in [3.63, 3.8) is 0 Å². The minimum Gasteiger partial charge on any atom is -0.478 e. The Morgan fingerprint density at radius 3 is 3.00 bits per heavy atom. The summed E-state index contributed by atoms with van der Waals surface area (Å²) in [4.78, 5) is 19.3. The van der Waals surface area contributed by atoms with Gasteiger partial charge in [0.2, 0.25) is 0 Å². The Morgan fingerprint density at radius 1 is 1.61 bits per heavy atom. The molecular weight excluding hydrogens is 252 g/mol. The van der Waals surface area contributed by atoms with Crippen LogP contribution in [0.15, 0.2) is 17.6 Å². The highest BCUT2D eigenvalue weighted by molar-refractivity contribution is 7.09. The molecule has 0 spiro atoms. The summed E-state index contributed by atoms with van der Waals surface area (Å²) in [5.41, 5.74) is 6.74. The monoisotopic (exact) mass is 264 g/mol. The topological polar surface area (TPSA) is 101 Å². The van der Waals surface area contributed by atoms with Crippen LogP contribution in [-0.2, 0) is 6.54 Å². The highest BCUT2D eigenvalue weighted by Crippen LogP contribution is 2.17. The summed E-state index contributed by atoms with van der Waals surface area (Å²) in [6.07, 6.45) is 1.42. The second kappa shape index (κ2) is 5.01. The van der Waals surface area contributed by atoms with Crippen molar-refractivity contribution in [2.24, 2.45) is 0 Å². The van der Waals surface area contributed by atoms with Gasteiger partial charge in [-0.25, -0.2) is 14.8 Å². The van der Waals surface area contributed by atoms with Crippen molar-refractivity contribution in [3.8, 4) is 0 Å². The largest absolute Gasteiger partial charge is 0.478 e. The van der Waals surface area contributed by atoms with Gasteiger partial charge in [0, 0.05) is 5.38 Å². The molecule has 7 heteroatoms. The van der Waals surface area contributed by atoms with Gasteiger partial charge >= 0.3 is 5.97 Å². The molecule has 6 nitrogen and oxygen atoms in total. The molecule has 4 N–H and O–H groups in total. The maximum Gasteiger partial charge on any atom is 0.339 e. The van der Waals surface area contributed by atoms with Crippen molar-refractivity contribution in [1.82, 2.24) is 9.97 Å². The van der Waals surface area contributed by atoms with Gasteiger partial charge < -0.3 is 16.2 Å². The van der Waals surface area contributed by atoms with E-state index in [1.165, 1.54) is 12.3 Å². The van der Waals surface area contributed by atoms with Gasteiger partial charge in [0.25, 0.3) is 0 Å². The lowest BCUT2D eigenvalue weighted by molar-refractivity contribution is 0.0697. The van der Waals surface area contributed by atoms with Gasteiger partial charge in [0.05, 0.1) is 29.1 Å². The first-order chi connectivity index (χ1) is 8.56. The summed E-state index contributed by atoms with van der Waals surface area (Å²) in [5.74, 6) is -0.769. The number of hydrogen-bond acceptors (Lipinski definition) is 6. The molecule has 2 aromatic heterocycles. The number of carboxylic acids is 1. The van der Waals surface area contributed by atoms with Crippen LogP contribution in [0.3, 0.4) is 0 Å². The Bertz CT molecular complexity index is 582. The normalized spacial score (nSPS) is 10.3. The Balaban J connectivity index is 2.16. The SMILES string of the molecule is Cc1nc(CNc2ncc(N)cc2C(=O)O)cs1. The molecule has 0 aliphatic rings. The summed E-state index contributed by atoms with van der Waals surface area (Å²) in [5, 5.41) is 14.9. The van der Waals surface area contributed by atoms with E-state index < -0.39 is 5.97 Å². The third kappa shape index (κ3) is 2.75. The molecule has 2 rings (SSSR count). The average Bonchev–Trinajstić information content (AvgIpc) is 2.73. The van der Waals surface area contributed by atoms with Crippen LogP contribution in [-0.4, -0.2) is 21.0 Å². The number of nitrogen functional groups attached to an aromatic ring is 1. The minimum atomic E-state index is -1.06. The fourth-order valence-corrected chi connectivity index (χ4v) is 2.06. The number of aromatic nitrogens is 2. The number of pyridine rings is 1. The van der Waals surface area contributed by atoms with E-state index >= 15 is 0 Å². The van der Waals surface area contributed by atoms with E-state index in [9.17, 15) is 4.79 Å². The van der Waals surface area contributed by atoms with E-state index in [4.69, 9.17) is 10.8 Å². The molecule has 0 aliphatic carbocycles. The maximum atomic E-state index is 11.0. The Kier molecular flexibility index (Phi) is 3.42. The third-order valence-corrected chi connectivity index (χ3v) is 3.07. The number of thiazole rings is 1. The molecule has 2 heterocycles. The molecule has 0 radical (unpaired) electrons. The molecule has 0 saturated heterocycles. The first-order valence-electron chi connectivity index (χ1n) is 5.20. The smallest absolute Gasteiger partial charge is 0.339 e. The number of aromatic carboxylic acids is 1. The number of anilines is 2. The second-order valence-electron chi connectivity index (χ2n) is 3.68. The molecule has 0 amide bonds. The first-order valence-corrected chi connectivity index (χ1v) is 6.08. The molecule has 0 aliphatic heterocycles. The average molecular weight is 264 g/mol. The van der Waals surface area contributed by atoms with E-state index in [1.807, 2.05) is 12.3 Å². The zero-order valence-corrected chi connectivity index (χ0v) is 10.5. The summed E-state index contributed by atoms with van der Waals surface area (Å²) in [6.45, 7) is 2.35. The molecule has 94 valence electrons. The van der Waals surface area contributed by atoms with Crippen molar-refractivity contribution < 1.29 is 9.90 Å². The Hall–Kier alpha value is -2.15. The van der Waals surface area contributed by atoms with Gasteiger partial charge in [0.1, 0.15) is 11.4 Å². The highest BCUT2D eigenvalue weighted by Gasteiger charge is 2.12. The number of nitrogens with two attached hydrogens (primary N) is 1. The van der Waals surface area contributed by atoms with Gasteiger partial charge in [0.15, 0.2) is 0 Å². The maximum absolute atomic E-state index is 11.0. The van der Waals surface area contributed by atoms with Gasteiger partial charge in [-0.1, -0.05) is 0 Å². The molecule has 0 saturated carbocycles. The lowest BCUT2D eigenvalue weighted by Gasteiger charge is -2.07. The molecule has 0 atom stereocenters. The van der Waals surface area contributed by atoms with Gasteiger partial charge in [-0.2, -0.15) is 0 Å². The summed E-state index contributed by atoms with van der Waals surface area (Å²) in [6, 6.07) is 1.38. The number of nitrogens with one attached hydrogen (secondary N) is 1. The van der Waals surface area contributed by atoms with Crippen molar-refractivity contribution >= 4 is 28.8 Å². The van der Waals surface area contributed by atoms with Crippen LogP contribution in [0.5, 0.6) is 0 Å². The fraction of sp³-hybridized carbons (Fsp3) is 0.182. The van der Waals surface area contributed by atoms with Gasteiger partial charge in [-0.05, 0) is 13.0 Å². The molecule has 2 aromatic rings. The van der Waals surface area contributed by atoms with E-state index in [-0.39, 0.29) is 5.56 Å². The molecule has 0 unspecified atom stereocenters. The molecule has 0 aromatic carbocycles. The number of nitrogens with zero attached hydrogens (tertiary/aromatic N) is 2. The lowest BCUT2D eigenvalue weighted by Crippen LogP contribution is -2.09. The highest BCUT2D eigenvalue weighted by atomic mass is 32.1. The van der Waals surface area contributed by atoms with Crippen LogP contribution >= 0.6 is 11.3 Å².